The van der Waals surface area contributed by atoms with Crippen LogP contribution in [0.2, 0.25) is 0 Å². The van der Waals surface area contributed by atoms with Crippen LogP contribution in [0.5, 0.6) is 0 Å². The monoisotopic (exact) mass is 303 g/mol. The number of carbonyl (C=O) groups is 3. The molecule has 120 valence electrons. The normalized spacial score (nSPS) is 23.9. The Morgan fingerprint density at radius 1 is 1.19 bits per heavy atom. The van der Waals surface area contributed by atoms with Crippen molar-refractivity contribution in [2.75, 3.05) is 19.6 Å². The number of nitrogens with one attached hydrogen (secondary N) is 1. The number of nitrogens with two attached hydrogens (primary N) is 1. The minimum absolute atomic E-state index is 0.199. The summed E-state index contributed by atoms with van der Waals surface area (Å²) in [6, 6.07) is -2.27. The van der Waals surface area contributed by atoms with E-state index in [1.165, 1.54) is 5.32 Å². The third-order valence-corrected chi connectivity index (χ3v) is 3.91. The molecule has 4 atom stereocenters. The molecule has 6 N–H and O–H groups in total. The molecular weight excluding hydrogens is 282 g/mol. The van der Waals surface area contributed by atoms with Gasteiger partial charge in [-0.1, -0.05) is 0 Å². The van der Waals surface area contributed by atoms with E-state index in [9.17, 15) is 29.7 Å². The van der Waals surface area contributed by atoms with Crippen molar-refractivity contribution in [2.24, 2.45) is 0 Å². The van der Waals surface area contributed by atoms with E-state index < -0.39 is 36.0 Å². The molecule has 0 aromatic rings. The van der Waals surface area contributed by atoms with Crippen molar-refractivity contribution in [1.82, 2.24) is 0 Å². The molecule has 1 fully saturated rings. The van der Waals surface area contributed by atoms with Gasteiger partial charge in [0.05, 0.1) is 56.8 Å². The Morgan fingerprint density at radius 2 is 1.86 bits per heavy atom. The van der Waals surface area contributed by atoms with Gasteiger partial charge in [-0.05, 0) is 0 Å². The Hall–Kier alpha value is -1.71. The van der Waals surface area contributed by atoms with Gasteiger partial charge < -0.3 is 45.7 Å². The van der Waals surface area contributed by atoms with E-state index in [0.717, 1.165) is 4.90 Å². The number of quaternary nitrogens is 3. The average Bonchev–Trinajstić information content (AvgIpc) is 2.34. The lowest BCUT2D eigenvalue weighted by atomic mass is 10.0. The third kappa shape index (κ3) is 5.29. The smallest absolute Gasteiger partial charge is 0.133 e. The van der Waals surface area contributed by atoms with Crippen LogP contribution in [0.25, 0.3) is 0 Å². The van der Waals surface area contributed by atoms with Crippen LogP contribution < -0.4 is 31.3 Å². The summed E-state index contributed by atoms with van der Waals surface area (Å²) >= 11 is 0. The SMILES string of the molecule is [NH3+][C@@H](CC[NH2+][C@@H](CC[NH+]1CC[C@H]1C(=O)[O-])C(=O)[O-])C(=O)[O-]. The van der Waals surface area contributed by atoms with Crippen molar-refractivity contribution in [3.63, 3.8) is 0 Å². The van der Waals surface area contributed by atoms with Crippen molar-refractivity contribution in [1.29, 1.82) is 0 Å². The standard InChI is InChI=1S/C12H21N3O6/c13-7(10(16)17)1-4-14-8(11(18)19)2-5-15-6-3-9(15)12(20)21/h7-9,14H,1-6,13H2,(H,16,17)(H,18,19)(H,20,21)/t7-,8-,9-/m0/s1. The molecule has 9 nitrogen and oxygen atoms in total. The number of hydrogen-bond donors (Lipinski definition) is 3. The van der Waals surface area contributed by atoms with E-state index in [4.69, 9.17) is 0 Å². The zero-order valence-corrected chi connectivity index (χ0v) is 11.7. The minimum atomic E-state index is -1.27. The van der Waals surface area contributed by atoms with E-state index in [1.807, 2.05) is 0 Å². The highest BCUT2D eigenvalue weighted by Gasteiger charge is 2.34. The first kappa shape index (κ1) is 17.3. The third-order valence-electron chi connectivity index (χ3n) is 3.91. The molecular formula is C12H21N3O6. The molecule has 1 aliphatic rings. The second kappa shape index (κ2) is 7.91. The number of carbonyl (C=O) groups excluding carboxylic acids is 3. The molecule has 0 radical (unpaired) electrons. The van der Waals surface area contributed by atoms with Gasteiger partial charge in [-0.15, -0.1) is 0 Å². The predicted molar refractivity (Wildman–Crippen MR) is 60.6 cm³/mol. The van der Waals surface area contributed by atoms with Crippen LogP contribution in [-0.4, -0.2) is 55.7 Å². The van der Waals surface area contributed by atoms with Gasteiger partial charge in [0.2, 0.25) is 0 Å². The summed E-state index contributed by atoms with van der Waals surface area (Å²) in [6.07, 6.45) is 1.01. The van der Waals surface area contributed by atoms with Gasteiger partial charge in [0.25, 0.3) is 0 Å². The van der Waals surface area contributed by atoms with E-state index in [-0.39, 0.29) is 19.4 Å². The number of hydrogen-bond acceptors (Lipinski definition) is 6. The molecule has 21 heavy (non-hydrogen) atoms. The van der Waals surface area contributed by atoms with Crippen molar-refractivity contribution >= 4 is 17.9 Å². The molecule has 0 aromatic carbocycles. The first-order chi connectivity index (χ1) is 9.82. The summed E-state index contributed by atoms with van der Waals surface area (Å²) in [4.78, 5) is 33.1. The first-order valence-electron chi connectivity index (χ1n) is 6.96. The topological polar surface area (TPSA) is 169 Å². The second-order valence-corrected chi connectivity index (χ2v) is 5.36. The van der Waals surface area contributed by atoms with Crippen molar-refractivity contribution < 1.29 is 45.7 Å². The maximum atomic E-state index is 11.0. The molecule has 1 aliphatic heterocycles. The molecule has 0 aliphatic carbocycles. The summed E-state index contributed by atoms with van der Waals surface area (Å²) < 4.78 is 0. The Labute approximate surface area is 121 Å². The number of carboxylic acids is 3. The van der Waals surface area contributed by atoms with Crippen molar-refractivity contribution in [2.45, 2.75) is 37.4 Å². The summed E-state index contributed by atoms with van der Waals surface area (Å²) in [6.45, 7) is 1.37. The number of carboxylic acid groups (broad SMARTS) is 3. The maximum absolute atomic E-state index is 11.0. The minimum Gasteiger partial charge on any atom is -0.544 e. The molecule has 0 aromatic heterocycles. The Kier molecular flexibility index (Phi) is 6.53. The molecule has 1 saturated heterocycles. The lowest BCUT2D eigenvalue weighted by Gasteiger charge is -2.38. The van der Waals surface area contributed by atoms with E-state index in [0.29, 0.717) is 19.5 Å². The van der Waals surface area contributed by atoms with E-state index in [1.54, 1.807) is 0 Å². The van der Waals surface area contributed by atoms with Gasteiger partial charge in [-0.25, -0.2) is 0 Å². The highest BCUT2D eigenvalue weighted by Crippen LogP contribution is 1.94. The first-order valence-corrected chi connectivity index (χ1v) is 6.96. The van der Waals surface area contributed by atoms with Gasteiger partial charge in [-0.3, -0.25) is 0 Å². The Morgan fingerprint density at radius 3 is 2.29 bits per heavy atom. The lowest BCUT2D eigenvalue weighted by Crippen LogP contribution is -3.23. The summed E-state index contributed by atoms with van der Waals surface area (Å²) in [7, 11) is 0. The molecule has 0 saturated carbocycles. The molecule has 1 rings (SSSR count). The Balaban J connectivity index is 2.32. The summed E-state index contributed by atoms with van der Waals surface area (Å²) in [5.41, 5.74) is 3.38. The fourth-order valence-electron chi connectivity index (χ4n) is 2.37. The average molecular weight is 303 g/mol. The van der Waals surface area contributed by atoms with Gasteiger partial charge in [-0.2, -0.15) is 0 Å². The van der Waals surface area contributed by atoms with Crippen LogP contribution >= 0.6 is 0 Å². The van der Waals surface area contributed by atoms with Crippen LogP contribution in [0.3, 0.4) is 0 Å². The molecule has 9 heteroatoms. The van der Waals surface area contributed by atoms with Crippen molar-refractivity contribution in [3.8, 4) is 0 Å². The zero-order valence-electron chi connectivity index (χ0n) is 11.7. The summed E-state index contributed by atoms with van der Waals surface area (Å²) in [5, 5.41) is 33.7. The van der Waals surface area contributed by atoms with Gasteiger partial charge in [0.15, 0.2) is 0 Å². The summed E-state index contributed by atoms with van der Waals surface area (Å²) in [5.74, 6) is -3.62. The lowest BCUT2D eigenvalue weighted by molar-refractivity contribution is -0.960. The predicted octanol–water partition coefficient (Wildman–Crippen LogP) is -8.78. The van der Waals surface area contributed by atoms with Gasteiger partial charge in [0.1, 0.15) is 18.1 Å². The maximum Gasteiger partial charge on any atom is 0.133 e. The van der Waals surface area contributed by atoms with Crippen LogP contribution in [-0.2, 0) is 14.4 Å². The molecule has 1 heterocycles. The fourth-order valence-corrected chi connectivity index (χ4v) is 2.37. The van der Waals surface area contributed by atoms with Gasteiger partial charge >= 0.3 is 0 Å². The highest BCUT2D eigenvalue weighted by molar-refractivity contribution is 5.70. The number of aliphatic carboxylic acids is 3. The quantitative estimate of drug-likeness (QED) is 0.362. The van der Waals surface area contributed by atoms with Crippen molar-refractivity contribution in [3.05, 3.63) is 0 Å². The Bertz CT molecular complexity index is 402. The molecule has 0 spiro atoms. The molecule has 1 unspecified atom stereocenters. The molecule has 0 bridgehead atoms. The van der Waals surface area contributed by atoms with Crippen LogP contribution in [0.15, 0.2) is 0 Å². The van der Waals surface area contributed by atoms with E-state index in [2.05, 4.69) is 5.73 Å². The van der Waals surface area contributed by atoms with Crippen LogP contribution in [0.4, 0.5) is 0 Å². The second-order valence-electron chi connectivity index (χ2n) is 5.36. The molecule has 0 amide bonds. The largest absolute Gasteiger partial charge is 0.544 e. The van der Waals surface area contributed by atoms with E-state index >= 15 is 0 Å². The number of likely N-dealkylation sites (tertiary alicyclic amines) is 1. The zero-order chi connectivity index (χ0) is 16.0. The fraction of sp³-hybridized carbons (Fsp3) is 0.750. The number of rotatable bonds is 10. The van der Waals surface area contributed by atoms with Crippen LogP contribution in [0, 0.1) is 0 Å². The van der Waals surface area contributed by atoms with Crippen LogP contribution in [0.1, 0.15) is 19.3 Å². The van der Waals surface area contributed by atoms with Gasteiger partial charge in [0, 0.05) is 0 Å². The highest BCUT2D eigenvalue weighted by atomic mass is 16.4.